The van der Waals surface area contributed by atoms with Gasteiger partial charge in [-0.2, -0.15) is 5.10 Å². The molecule has 0 atom stereocenters. The number of benzene rings is 1. The smallest absolute Gasteiger partial charge is 0.272 e. The molecule has 0 unspecified atom stereocenters. The van der Waals surface area contributed by atoms with Crippen molar-refractivity contribution in [3.8, 4) is 0 Å². The number of amides is 1. The van der Waals surface area contributed by atoms with E-state index in [1.807, 2.05) is 25.1 Å². The Morgan fingerprint density at radius 2 is 2.16 bits per heavy atom. The van der Waals surface area contributed by atoms with E-state index < -0.39 is 0 Å². The van der Waals surface area contributed by atoms with E-state index in [4.69, 9.17) is 0 Å². The van der Waals surface area contributed by atoms with Crippen molar-refractivity contribution in [2.45, 2.75) is 39.5 Å². The van der Waals surface area contributed by atoms with Gasteiger partial charge >= 0.3 is 0 Å². The summed E-state index contributed by atoms with van der Waals surface area (Å²) in [5, 5.41) is 10.8. The number of aryl methyl sites for hydroxylation is 1. The van der Waals surface area contributed by atoms with E-state index in [0.29, 0.717) is 5.69 Å². The largest absolute Gasteiger partial charge is 0.351 e. The number of aromatic nitrogens is 2. The molecular formula is C15H21N3O. The van der Waals surface area contributed by atoms with E-state index in [1.54, 1.807) is 0 Å². The maximum Gasteiger partial charge on any atom is 0.272 e. The molecule has 1 aromatic heterocycles. The van der Waals surface area contributed by atoms with Gasteiger partial charge in [-0.05, 0) is 25.5 Å². The van der Waals surface area contributed by atoms with Crippen molar-refractivity contribution in [2.24, 2.45) is 0 Å². The third-order valence-electron chi connectivity index (χ3n) is 3.25. The summed E-state index contributed by atoms with van der Waals surface area (Å²) in [4.78, 5) is 12.1. The summed E-state index contributed by atoms with van der Waals surface area (Å²) in [6.45, 7) is 4.91. The van der Waals surface area contributed by atoms with Crippen LogP contribution < -0.4 is 5.32 Å². The van der Waals surface area contributed by atoms with E-state index in [1.165, 1.54) is 12.8 Å². The topological polar surface area (TPSA) is 57.8 Å². The van der Waals surface area contributed by atoms with Crippen LogP contribution in [0.2, 0.25) is 0 Å². The molecule has 4 heteroatoms. The third kappa shape index (κ3) is 3.34. The second-order valence-corrected chi connectivity index (χ2v) is 4.94. The number of hydrogen-bond donors (Lipinski definition) is 2. The van der Waals surface area contributed by atoms with Crippen molar-refractivity contribution in [1.29, 1.82) is 0 Å². The highest BCUT2D eigenvalue weighted by Gasteiger charge is 2.13. The molecule has 0 spiro atoms. The summed E-state index contributed by atoms with van der Waals surface area (Å²) in [5.41, 5.74) is 2.53. The van der Waals surface area contributed by atoms with Gasteiger partial charge in [-0.15, -0.1) is 0 Å². The lowest BCUT2D eigenvalue weighted by Gasteiger charge is -2.03. The van der Waals surface area contributed by atoms with Gasteiger partial charge in [-0.1, -0.05) is 37.8 Å². The fourth-order valence-corrected chi connectivity index (χ4v) is 2.14. The average Bonchev–Trinajstić information content (AvgIpc) is 2.81. The summed E-state index contributed by atoms with van der Waals surface area (Å²) in [7, 11) is 0. The molecule has 0 bridgehead atoms. The molecule has 0 aliphatic heterocycles. The van der Waals surface area contributed by atoms with Crippen LogP contribution in [0.5, 0.6) is 0 Å². The minimum atomic E-state index is -0.0895. The van der Waals surface area contributed by atoms with Crippen LogP contribution in [0.15, 0.2) is 18.2 Å². The maximum absolute atomic E-state index is 12.1. The standard InChI is InChI=1S/C15H21N3O/c1-3-4-5-6-9-16-15(19)14-12-10-11(2)7-8-13(12)17-18-14/h7-8,10H,3-6,9H2,1-2H3,(H,16,19)(H,17,18). The number of carbonyl (C=O) groups excluding carboxylic acids is 1. The lowest BCUT2D eigenvalue weighted by Crippen LogP contribution is -2.25. The molecule has 0 aliphatic carbocycles. The Hall–Kier alpha value is -1.84. The third-order valence-corrected chi connectivity index (χ3v) is 3.25. The van der Waals surface area contributed by atoms with Crippen molar-refractivity contribution < 1.29 is 4.79 Å². The van der Waals surface area contributed by atoms with E-state index in [-0.39, 0.29) is 5.91 Å². The van der Waals surface area contributed by atoms with Crippen molar-refractivity contribution in [2.75, 3.05) is 6.54 Å². The first kappa shape index (κ1) is 13.6. The summed E-state index contributed by atoms with van der Waals surface area (Å²) >= 11 is 0. The van der Waals surface area contributed by atoms with Gasteiger partial charge in [0.15, 0.2) is 5.69 Å². The molecule has 4 nitrogen and oxygen atoms in total. The van der Waals surface area contributed by atoms with E-state index in [9.17, 15) is 4.79 Å². The molecule has 2 aromatic rings. The van der Waals surface area contributed by atoms with Crippen LogP contribution in [0.25, 0.3) is 10.9 Å². The van der Waals surface area contributed by atoms with Crippen LogP contribution in [0.4, 0.5) is 0 Å². The van der Waals surface area contributed by atoms with E-state index in [2.05, 4.69) is 22.4 Å². The molecule has 1 heterocycles. The van der Waals surface area contributed by atoms with Gasteiger partial charge in [0.05, 0.1) is 5.52 Å². The number of carbonyl (C=O) groups is 1. The molecule has 19 heavy (non-hydrogen) atoms. The number of H-pyrrole nitrogens is 1. The average molecular weight is 259 g/mol. The van der Waals surface area contributed by atoms with Crippen LogP contribution in [0, 0.1) is 6.92 Å². The number of aromatic amines is 1. The van der Waals surface area contributed by atoms with Crippen LogP contribution in [-0.4, -0.2) is 22.6 Å². The summed E-state index contributed by atoms with van der Waals surface area (Å²) < 4.78 is 0. The van der Waals surface area contributed by atoms with Gasteiger partial charge in [0.1, 0.15) is 0 Å². The monoisotopic (exact) mass is 259 g/mol. The molecule has 0 aliphatic rings. The van der Waals surface area contributed by atoms with Gasteiger partial charge in [0.25, 0.3) is 5.91 Å². The second kappa shape index (κ2) is 6.36. The number of nitrogens with zero attached hydrogens (tertiary/aromatic N) is 1. The van der Waals surface area contributed by atoms with Gasteiger partial charge in [0.2, 0.25) is 0 Å². The fraction of sp³-hybridized carbons (Fsp3) is 0.467. The lowest BCUT2D eigenvalue weighted by molar-refractivity contribution is 0.0949. The predicted molar refractivity (Wildman–Crippen MR) is 77.3 cm³/mol. The van der Waals surface area contributed by atoms with Crippen molar-refractivity contribution in [3.63, 3.8) is 0 Å². The van der Waals surface area contributed by atoms with Gasteiger partial charge in [0, 0.05) is 11.9 Å². The maximum atomic E-state index is 12.1. The minimum Gasteiger partial charge on any atom is -0.351 e. The molecule has 1 aromatic carbocycles. The molecule has 2 rings (SSSR count). The Bertz CT molecular complexity index is 560. The van der Waals surface area contributed by atoms with Crippen LogP contribution in [0.3, 0.4) is 0 Å². The number of unbranched alkanes of at least 4 members (excludes halogenated alkanes) is 3. The van der Waals surface area contributed by atoms with Crippen LogP contribution in [-0.2, 0) is 0 Å². The molecule has 1 amide bonds. The van der Waals surface area contributed by atoms with Crippen molar-refractivity contribution >= 4 is 16.8 Å². The van der Waals surface area contributed by atoms with Crippen LogP contribution in [0.1, 0.15) is 48.7 Å². The number of rotatable bonds is 6. The zero-order valence-corrected chi connectivity index (χ0v) is 11.6. The van der Waals surface area contributed by atoms with Gasteiger partial charge in [-0.3, -0.25) is 9.89 Å². The second-order valence-electron chi connectivity index (χ2n) is 4.94. The highest BCUT2D eigenvalue weighted by molar-refractivity contribution is 6.04. The SMILES string of the molecule is CCCCCCNC(=O)c1n[nH]c2ccc(C)cc12. The Labute approximate surface area is 113 Å². The molecule has 0 radical (unpaired) electrons. The predicted octanol–water partition coefficient (Wildman–Crippen LogP) is 3.18. The number of nitrogens with one attached hydrogen (secondary N) is 2. The number of fused-ring (bicyclic) bond motifs is 1. The Morgan fingerprint density at radius 1 is 1.32 bits per heavy atom. The molecule has 2 N–H and O–H groups in total. The highest BCUT2D eigenvalue weighted by atomic mass is 16.1. The van der Waals surface area contributed by atoms with E-state index >= 15 is 0 Å². The van der Waals surface area contributed by atoms with Gasteiger partial charge in [-0.25, -0.2) is 0 Å². The summed E-state index contributed by atoms with van der Waals surface area (Å²) in [5.74, 6) is -0.0895. The number of hydrogen-bond acceptors (Lipinski definition) is 2. The van der Waals surface area contributed by atoms with Crippen molar-refractivity contribution in [1.82, 2.24) is 15.5 Å². The molecule has 0 saturated carbocycles. The first-order valence-electron chi connectivity index (χ1n) is 6.95. The highest BCUT2D eigenvalue weighted by Crippen LogP contribution is 2.17. The lowest BCUT2D eigenvalue weighted by atomic mass is 10.1. The quantitative estimate of drug-likeness (QED) is 0.783. The van der Waals surface area contributed by atoms with E-state index in [0.717, 1.165) is 35.9 Å². The zero-order chi connectivity index (χ0) is 13.7. The first-order valence-corrected chi connectivity index (χ1v) is 6.95. The molecule has 102 valence electrons. The molecule has 0 saturated heterocycles. The normalized spacial score (nSPS) is 10.8. The Balaban J connectivity index is 1.99. The first-order chi connectivity index (χ1) is 9.22. The Morgan fingerprint density at radius 3 is 2.95 bits per heavy atom. The molecule has 0 fully saturated rings. The van der Waals surface area contributed by atoms with Gasteiger partial charge < -0.3 is 5.32 Å². The summed E-state index contributed by atoms with van der Waals surface area (Å²) in [6.07, 6.45) is 4.62. The fourth-order valence-electron chi connectivity index (χ4n) is 2.14. The van der Waals surface area contributed by atoms with Crippen molar-refractivity contribution in [3.05, 3.63) is 29.5 Å². The van der Waals surface area contributed by atoms with Crippen LogP contribution >= 0.6 is 0 Å². The minimum absolute atomic E-state index is 0.0895. The molecular weight excluding hydrogens is 238 g/mol. The summed E-state index contributed by atoms with van der Waals surface area (Å²) in [6, 6.07) is 5.95. The Kier molecular flexibility index (Phi) is 4.55. The zero-order valence-electron chi connectivity index (χ0n) is 11.6.